The standard InChI is InChI=1S/C15H24N4/c1-3-4-9-14-13-8-6-5-7-12(13)10-19(14)11-18(2)15(16)17/h5-8,14H,3-4,9-11H2,1-2H3,(H3,16,17). The molecule has 0 bridgehead atoms. The van der Waals surface area contributed by atoms with Gasteiger partial charge in [-0.15, -0.1) is 0 Å². The van der Waals surface area contributed by atoms with Gasteiger partial charge in [0.05, 0.1) is 6.67 Å². The lowest BCUT2D eigenvalue weighted by molar-refractivity contribution is 0.147. The van der Waals surface area contributed by atoms with Gasteiger partial charge >= 0.3 is 0 Å². The largest absolute Gasteiger partial charge is 0.370 e. The summed E-state index contributed by atoms with van der Waals surface area (Å²) >= 11 is 0. The maximum atomic E-state index is 7.51. The third-order valence-corrected chi connectivity index (χ3v) is 3.86. The Kier molecular flexibility index (Phi) is 4.43. The van der Waals surface area contributed by atoms with Crippen LogP contribution in [0.5, 0.6) is 0 Å². The van der Waals surface area contributed by atoms with Crippen molar-refractivity contribution in [3.05, 3.63) is 35.4 Å². The highest BCUT2D eigenvalue weighted by atomic mass is 15.4. The number of nitrogens with one attached hydrogen (secondary N) is 1. The molecule has 4 nitrogen and oxygen atoms in total. The molecule has 2 rings (SSSR count). The minimum absolute atomic E-state index is 0.130. The van der Waals surface area contributed by atoms with Crippen molar-refractivity contribution in [3.8, 4) is 0 Å². The van der Waals surface area contributed by atoms with Crippen molar-refractivity contribution >= 4 is 5.96 Å². The lowest BCUT2D eigenvalue weighted by atomic mass is 10.0. The smallest absolute Gasteiger partial charge is 0.189 e. The third-order valence-electron chi connectivity index (χ3n) is 3.86. The van der Waals surface area contributed by atoms with E-state index in [1.807, 2.05) is 7.05 Å². The van der Waals surface area contributed by atoms with E-state index in [0.717, 1.165) is 13.2 Å². The van der Waals surface area contributed by atoms with Crippen molar-refractivity contribution in [1.29, 1.82) is 5.41 Å². The van der Waals surface area contributed by atoms with E-state index < -0.39 is 0 Å². The average molecular weight is 260 g/mol. The molecule has 0 spiro atoms. The fourth-order valence-electron chi connectivity index (χ4n) is 2.76. The molecule has 0 saturated carbocycles. The molecule has 1 aliphatic heterocycles. The molecule has 1 heterocycles. The molecule has 104 valence electrons. The molecule has 0 aromatic heterocycles. The molecule has 1 unspecified atom stereocenters. The highest BCUT2D eigenvalue weighted by Crippen LogP contribution is 2.36. The van der Waals surface area contributed by atoms with Crippen LogP contribution in [0.15, 0.2) is 24.3 Å². The van der Waals surface area contributed by atoms with Crippen LogP contribution in [0.1, 0.15) is 43.4 Å². The third kappa shape index (κ3) is 3.07. The minimum atomic E-state index is 0.130. The quantitative estimate of drug-likeness (QED) is 0.632. The van der Waals surface area contributed by atoms with E-state index in [4.69, 9.17) is 11.1 Å². The number of hydrogen-bond donors (Lipinski definition) is 2. The van der Waals surface area contributed by atoms with Crippen LogP contribution in [-0.2, 0) is 6.54 Å². The molecule has 1 aliphatic rings. The monoisotopic (exact) mass is 260 g/mol. The van der Waals surface area contributed by atoms with Gasteiger partial charge in [0, 0.05) is 19.6 Å². The van der Waals surface area contributed by atoms with Gasteiger partial charge in [0.2, 0.25) is 0 Å². The molecule has 1 atom stereocenters. The van der Waals surface area contributed by atoms with Gasteiger partial charge in [-0.25, -0.2) is 0 Å². The maximum absolute atomic E-state index is 7.51. The molecule has 0 saturated heterocycles. The Morgan fingerprint density at radius 3 is 2.89 bits per heavy atom. The second-order valence-electron chi connectivity index (χ2n) is 5.33. The summed E-state index contributed by atoms with van der Waals surface area (Å²) in [5.74, 6) is 0.130. The molecule has 19 heavy (non-hydrogen) atoms. The van der Waals surface area contributed by atoms with Crippen LogP contribution in [0.3, 0.4) is 0 Å². The number of unbranched alkanes of at least 4 members (excludes halogenated alkanes) is 1. The maximum Gasteiger partial charge on any atom is 0.189 e. The van der Waals surface area contributed by atoms with Crippen LogP contribution < -0.4 is 5.73 Å². The molecule has 1 aromatic carbocycles. The van der Waals surface area contributed by atoms with E-state index >= 15 is 0 Å². The molecular weight excluding hydrogens is 236 g/mol. The molecule has 3 N–H and O–H groups in total. The summed E-state index contributed by atoms with van der Waals surface area (Å²) in [4.78, 5) is 4.21. The fraction of sp³-hybridized carbons (Fsp3) is 0.533. The highest BCUT2D eigenvalue weighted by molar-refractivity contribution is 5.74. The van der Waals surface area contributed by atoms with Crippen molar-refractivity contribution in [2.24, 2.45) is 5.73 Å². The van der Waals surface area contributed by atoms with Gasteiger partial charge in [0.15, 0.2) is 5.96 Å². The Labute approximate surface area is 115 Å². The number of nitrogens with zero attached hydrogens (tertiary/aromatic N) is 2. The summed E-state index contributed by atoms with van der Waals surface area (Å²) in [5.41, 5.74) is 8.42. The van der Waals surface area contributed by atoms with Crippen molar-refractivity contribution in [3.63, 3.8) is 0 Å². The molecule has 0 aliphatic carbocycles. The Bertz CT molecular complexity index is 444. The summed E-state index contributed by atoms with van der Waals surface area (Å²) in [7, 11) is 1.88. The molecule has 1 aromatic rings. The van der Waals surface area contributed by atoms with Gasteiger partial charge in [-0.1, -0.05) is 44.0 Å². The highest BCUT2D eigenvalue weighted by Gasteiger charge is 2.29. The number of fused-ring (bicyclic) bond motifs is 1. The van der Waals surface area contributed by atoms with Gasteiger partial charge in [0.25, 0.3) is 0 Å². The second-order valence-corrected chi connectivity index (χ2v) is 5.33. The Hall–Kier alpha value is -1.55. The Morgan fingerprint density at radius 1 is 1.47 bits per heavy atom. The lowest BCUT2D eigenvalue weighted by Gasteiger charge is -2.29. The lowest BCUT2D eigenvalue weighted by Crippen LogP contribution is -2.41. The fourth-order valence-corrected chi connectivity index (χ4v) is 2.76. The van der Waals surface area contributed by atoms with Crippen LogP contribution in [-0.4, -0.2) is 29.5 Å². The van der Waals surface area contributed by atoms with Crippen LogP contribution in [0.4, 0.5) is 0 Å². The van der Waals surface area contributed by atoms with Crippen molar-refractivity contribution < 1.29 is 0 Å². The van der Waals surface area contributed by atoms with Gasteiger partial charge in [-0.05, 0) is 17.5 Å². The predicted octanol–water partition coefficient (Wildman–Crippen LogP) is 2.52. The minimum Gasteiger partial charge on any atom is -0.370 e. The zero-order chi connectivity index (χ0) is 13.8. The molecular formula is C15H24N4. The van der Waals surface area contributed by atoms with Crippen LogP contribution in [0.2, 0.25) is 0 Å². The topological polar surface area (TPSA) is 56.4 Å². The first kappa shape index (κ1) is 13.9. The number of nitrogens with two attached hydrogens (primary N) is 1. The second kappa shape index (κ2) is 6.06. The van der Waals surface area contributed by atoms with Gasteiger partial charge < -0.3 is 10.6 Å². The first-order valence-corrected chi connectivity index (χ1v) is 7.00. The van der Waals surface area contributed by atoms with E-state index in [9.17, 15) is 0 Å². The van der Waals surface area contributed by atoms with E-state index in [-0.39, 0.29) is 5.96 Å². The summed E-state index contributed by atoms with van der Waals surface area (Å²) in [5, 5.41) is 7.51. The molecule has 4 heteroatoms. The number of benzene rings is 1. The zero-order valence-electron chi connectivity index (χ0n) is 11.9. The SMILES string of the molecule is CCCCC1c2ccccc2CN1CN(C)C(=N)N. The summed E-state index contributed by atoms with van der Waals surface area (Å²) in [6.07, 6.45) is 3.63. The molecule has 0 fully saturated rings. The van der Waals surface area contributed by atoms with Gasteiger partial charge in [-0.2, -0.15) is 0 Å². The zero-order valence-corrected chi connectivity index (χ0v) is 11.9. The number of hydrogen-bond acceptors (Lipinski definition) is 2. The first-order valence-electron chi connectivity index (χ1n) is 7.00. The van der Waals surface area contributed by atoms with Gasteiger partial charge in [-0.3, -0.25) is 10.3 Å². The van der Waals surface area contributed by atoms with Gasteiger partial charge in [0.1, 0.15) is 0 Å². The van der Waals surface area contributed by atoms with E-state index in [0.29, 0.717) is 6.04 Å². The predicted molar refractivity (Wildman–Crippen MR) is 78.8 cm³/mol. The molecule has 0 amide bonds. The van der Waals surface area contributed by atoms with Crippen molar-refractivity contribution in [2.75, 3.05) is 13.7 Å². The average Bonchev–Trinajstić information content (AvgIpc) is 2.73. The van der Waals surface area contributed by atoms with Crippen molar-refractivity contribution in [2.45, 2.75) is 38.8 Å². The van der Waals surface area contributed by atoms with Crippen molar-refractivity contribution in [1.82, 2.24) is 9.80 Å². The van der Waals surface area contributed by atoms with Crippen LogP contribution in [0.25, 0.3) is 0 Å². The van der Waals surface area contributed by atoms with E-state index in [2.05, 4.69) is 36.1 Å². The summed E-state index contributed by atoms with van der Waals surface area (Å²) in [6.45, 7) is 3.91. The summed E-state index contributed by atoms with van der Waals surface area (Å²) in [6, 6.07) is 9.15. The number of rotatable bonds is 5. The summed E-state index contributed by atoms with van der Waals surface area (Å²) < 4.78 is 0. The van der Waals surface area contributed by atoms with E-state index in [1.165, 1.54) is 30.4 Å². The Balaban J connectivity index is 2.13. The van der Waals surface area contributed by atoms with E-state index in [1.54, 1.807) is 4.90 Å². The molecule has 0 radical (unpaired) electrons. The van der Waals surface area contributed by atoms with Crippen LogP contribution in [0, 0.1) is 5.41 Å². The normalized spacial score (nSPS) is 18.3. The first-order chi connectivity index (χ1) is 9.13. The van der Waals surface area contributed by atoms with Crippen LogP contribution >= 0.6 is 0 Å². The Morgan fingerprint density at radius 2 is 2.21 bits per heavy atom. The number of guanidine groups is 1.